The van der Waals surface area contributed by atoms with E-state index in [1.165, 1.54) is 0 Å². The van der Waals surface area contributed by atoms with E-state index >= 15 is 0 Å². The predicted octanol–water partition coefficient (Wildman–Crippen LogP) is 4.65. The molecular weight excluding hydrogens is 350 g/mol. The van der Waals surface area contributed by atoms with Crippen LogP contribution in [0.3, 0.4) is 0 Å². The van der Waals surface area contributed by atoms with E-state index in [-0.39, 0.29) is 23.4 Å². The van der Waals surface area contributed by atoms with Gasteiger partial charge in [-0.05, 0) is 50.8 Å². The van der Waals surface area contributed by atoms with Crippen LogP contribution in [0.5, 0.6) is 5.75 Å². The Labute approximate surface area is 158 Å². The average Bonchev–Trinajstić information content (AvgIpc) is 2.62. The van der Waals surface area contributed by atoms with Crippen LogP contribution in [0.15, 0.2) is 34.5 Å². The van der Waals surface area contributed by atoms with Gasteiger partial charge in [-0.1, -0.05) is 11.6 Å². The van der Waals surface area contributed by atoms with Crippen LogP contribution >= 0.6 is 11.6 Å². The normalized spacial score (nSPS) is 25.5. The van der Waals surface area contributed by atoms with Crippen molar-refractivity contribution < 1.29 is 14.3 Å². The van der Waals surface area contributed by atoms with Gasteiger partial charge >= 0.3 is 0 Å². The number of rotatable bonds is 3. The third-order valence-corrected chi connectivity index (χ3v) is 5.76. The van der Waals surface area contributed by atoms with E-state index < -0.39 is 0 Å². The highest BCUT2D eigenvalue weighted by atomic mass is 35.5. The van der Waals surface area contributed by atoms with Crippen LogP contribution in [0.2, 0.25) is 5.02 Å². The lowest BCUT2D eigenvalue weighted by Crippen LogP contribution is -2.39. The minimum Gasteiger partial charge on any atom is -0.494 e. The molecule has 1 saturated carbocycles. The van der Waals surface area contributed by atoms with E-state index in [9.17, 15) is 9.59 Å². The molecule has 1 unspecified atom stereocenters. The third kappa shape index (κ3) is 2.90. The number of ketones is 2. The fraction of sp³-hybridized carbons (Fsp3) is 0.476. The first-order valence-corrected chi connectivity index (χ1v) is 9.76. The van der Waals surface area contributed by atoms with Crippen LogP contribution in [0.1, 0.15) is 56.9 Å². The molecule has 0 bridgehead atoms. The first-order chi connectivity index (χ1) is 12.6. The van der Waals surface area contributed by atoms with Crippen LogP contribution in [0.25, 0.3) is 0 Å². The van der Waals surface area contributed by atoms with Gasteiger partial charge < -0.3 is 4.74 Å². The highest BCUT2D eigenvalue weighted by Gasteiger charge is 2.45. The molecule has 1 fully saturated rings. The summed E-state index contributed by atoms with van der Waals surface area (Å²) in [6.45, 7) is 2.44. The average molecular weight is 372 g/mol. The second-order valence-corrected chi connectivity index (χ2v) is 7.57. The molecule has 0 saturated heterocycles. The Kier molecular flexibility index (Phi) is 4.70. The van der Waals surface area contributed by atoms with E-state index in [0.29, 0.717) is 35.8 Å². The van der Waals surface area contributed by atoms with E-state index in [1.54, 1.807) is 6.07 Å². The quantitative estimate of drug-likeness (QED) is 0.776. The molecule has 0 N–H and O–H groups in total. The fourth-order valence-corrected chi connectivity index (χ4v) is 4.66. The zero-order valence-electron chi connectivity index (χ0n) is 14.9. The smallest absolute Gasteiger partial charge is 0.161 e. The summed E-state index contributed by atoms with van der Waals surface area (Å²) in [5.74, 6) is 0.305. The molecule has 2 atom stereocenters. The summed E-state index contributed by atoms with van der Waals surface area (Å²) in [5.41, 5.74) is 3.36. The number of fused-ring (bicyclic) bond motifs is 1. The number of nitrogens with zero attached hydrogens (tertiary/aromatic N) is 1. The third-order valence-electron chi connectivity index (χ3n) is 5.52. The summed E-state index contributed by atoms with van der Waals surface area (Å²) in [6, 6.07) is 5.48. The van der Waals surface area contributed by atoms with Gasteiger partial charge in [0.2, 0.25) is 0 Å². The van der Waals surface area contributed by atoms with Crippen molar-refractivity contribution in [2.24, 2.45) is 10.9 Å². The van der Waals surface area contributed by atoms with Gasteiger partial charge in [0, 0.05) is 46.3 Å². The number of Topliss-reactive ketones (excluding diaryl/α,β-unsaturated/α-hetero) is 2. The number of allylic oxidation sites excluding steroid dienone is 2. The molecule has 0 spiro atoms. The maximum atomic E-state index is 12.9. The number of hydrogen-bond donors (Lipinski definition) is 0. The van der Waals surface area contributed by atoms with Crippen molar-refractivity contribution in [3.63, 3.8) is 0 Å². The van der Waals surface area contributed by atoms with Crippen LogP contribution in [0.4, 0.5) is 0 Å². The Hall–Kier alpha value is -1.94. The van der Waals surface area contributed by atoms with Crippen LogP contribution < -0.4 is 4.74 Å². The number of ether oxygens (including phenoxy) is 1. The largest absolute Gasteiger partial charge is 0.494 e. The molecule has 0 amide bonds. The topological polar surface area (TPSA) is 55.7 Å². The second kappa shape index (κ2) is 6.99. The maximum absolute atomic E-state index is 12.9. The summed E-state index contributed by atoms with van der Waals surface area (Å²) >= 11 is 6.29. The summed E-state index contributed by atoms with van der Waals surface area (Å²) in [5, 5.41) is 0.584. The van der Waals surface area contributed by atoms with Gasteiger partial charge in [-0.2, -0.15) is 0 Å². The molecule has 0 aromatic heterocycles. The van der Waals surface area contributed by atoms with Gasteiger partial charge in [0.05, 0.1) is 12.5 Å². The summed E-state index contributed by atoms with van der Waals surface area (Å²) in [7, 11) is 0. The van der Waals surface area contributed by atoms with E-state index in [4.69, 9.17) is 21.3 Å². The maximum Gasteiger partial charge on any atom is 0.161 e. The molecule has 136 valence electrons. The standard InChI is InChI=1S/C21H22ClNO3/c1-2-26-18-10-9-12(22)11-13(18)19-20-14(5-3-7-16(20)24)23-15-6-4-8-17(25)21(15)19/h9-11,19-20H,2-8H2,1H3/t19-,20?/m1/s1. The van der Waals surface area contributed by atoms with Crippen LogP contribution in [0, 0.1) is 5.92 Å². The highest BCUT2D eigenvalue weighted by Crippen LogP contribution is 2.48. The minimum atomic E-state index is -0.359. The van der Waals surface area contributed by atoms with Crippen molar-refractivity contribution in [1.29, 1.82) is 0 Å². The first-order valence-electron chi connectivity index (χ1n) is 9.38. The molecule has 2 aliphatic carbocycles. The van der Waals surface area contributed by atoms with Crippen molar-refractivity contribution in [3.05, 3.63) is 40.1 Å². The Morgan fingerprint density at radius 1 is 1.12 bits per heavy atom. The zero-order valence-corrected chi connectivity index (χ0v) is 15.6. The predicted molar refractivity (Wildman–Crippen MR) is 101 cm³/mol. The number of benzene rings is 1. The Morgan fingerprint density at radius 3 is 2.73 bits per heavy atom. The number of hydrogen-bond acceptors (Lipinski definition) is 4. The highest BCUT2D eigenvalue weighted by molar-refractivity contribution is 6.30. The summed E-state index contributed by atoms with van der Waals surface area (Å²) in [4.78, 5) is 30.5. The van der Waals surface area contributed by atoms with Crippen molar-refractivity contribution in [2.45, 2.75) is 51.4 Å². The van der Waals surface area contributed by atoms with Crippen LogP contribution in [-0.4, -0.2) is 23.9 Å². The number of aliphatic imine (C=N–C) groups is 1. The molecule has 26 heavy (non-hydrogen) atoms. The Balaban J connectivity index is 1.93. The van der Waals surface area contributed by atoms with Gasteiger partial charge in [-0.3, -0.25) is 14.6 Å². The van der Waals surface area contributed by atoms with Crippen molar-refractivity contribution in [2.75, 3.05) is 6.61 Å². The van der Waals surface area contributed by atoms with E-state index in [0.717, 1.165) is 42.7 Å². The molecule has 1 aromatic rings. The van der Waals surface area contributed by atoms with E-state index in [1.807, 2.05) is 19.1 Å². The Bertz CT molecular complexity index is 840. The molecule has 4 nitrogen and oxygen atoms in total. The van der Waals surface area contributed by atoms with Crippen molar-refractivity contribution in [1.82, 2.24) is 0 Å². The van der Waals surface area contributed by atoms with E-state index in [2.05, 4.69) is 0 Å². The second-order valence-electron chi connectivity index (χ2n) is 7.13. The van der Waals surface area contributed by atoms with Gasteiger partial charge in [0.15, 0.2) is 5.78 Å². The van der Waals surface area contributed by atoms with Crippen molar-refractivity contribution in [3.8, 4) is 5.75 Å². The molecular formula is C21H22ClNO3. The molecule has 3 aliphatic rings. The van der Waals surface area contributed by atoms with Gasteiger partial charge in [0.25, 0.3) is 0 Å². The molecule has 4 rings (SSSR count). The molecule has 0 radical (unpaired) electrons. The molecule has 1 aromatic carbocycles. The van der Waals surface area contributed by atoms with Crippen molar-refractivity contribution >= 4 is 28.9 Å². The number of carbonyl (C=O) groups is 2. The number of halogens is 1. The fourth-order valence-electron chi connectivity index (χ4n) is 4.48. The lowest BCUT2D eigenvalue weighted by Gasteiger charge is -2.38. The minimum absolute atomic E-state index is 0.111. The summed E-state index contributed by atoms with van der Waals surface area (Å²) in [6.07, 6.45) is 4.35. The summed E-state index contributed by atoms with van der Waals surface area (Å²) < 4.78 is 5.83. The van der Waals surface area contributed by atoms with Crippen LogP contribution in [-0.2, 0) is 9.59 Å². The molecule has 1 heterocycles. The van der Waals surface area contributed by atoms with Gasteiger partial charge in [-0.15, -0.1) is 0 Å². The lowest BCUT2D eigenvalue weighted by atomic mass is 9.67. The SMILES string of the molecule is CCOc1ccc(Cl)cc1[C@H]1C2=C(CCCC2=O)N=C2CCCC(=O)C21. The Morgan fingerprint density at radius 2 is 1.92 bits per heavy atom. The number of carbonyl (C=O) groups excluding carboxylic acids is 2. The van der Waals surface area contributed by atoms with Gasteiger partial charge in [-0.25, -0.2) is 0 Å². The van der Waals surface area contributed by atoms with Gasteiger partial charge in [0.1, 0.15) is 11.5 Å². The monoisotopic (exact) mass is 371 g/mol. The molecule has 5 heteroatoms. The first kappa shape index (κ1) is 17.5. The molecule has 1 aliphatic heterocycles. The zero-order chi connectivity index (χ0) is 18.3. The lowest BCUT2D eigenvalue weighted by molar-refractivity contribution is -0.122.